The van der Waals surface area contributed by atoms with E-state index in [0.29, 0.717) is 5.91 Å². The minimum absolute atomic E-state index is 0.223. The van der Waals surface area contributed by atoms with E-state index in [1.165, 1.54) is 30.6 Å². The topological polar surface area (TPSA) is 29.5 Å². The van der Waals surface area contributed by atoms with Gasteiger partial charge in [0.05, 0.1) is 11.5 Å². The molecule has 0 N–H and O–H groups in total. The van der Waals surface area contributed by atoms with Gasteiger partial charge in [-0.3, -0.25) is 4.79 Å². The molecule has 1 unspecified atom stereocenters. The van der Waals surface area contributed by atoms with Gasteiger partial charge in [0, 0.05) is 24.6 Å². The van der Waals surface area contributed by atoms with Gasteiger partial charge >= 0.3 is 0 Å². The Morgan fingerprint density at radius 2 is 2.14 bits per heavy atom. The van der Waals surface area contributed by atoms with Crippen molar-refractivity contribution >= 4 is 17.2 Å². The minimum atomic E-state index is -0.223. The molecule has 1 aromatic rings. The SMILES string of the molecule is O=C(N1CCC(OCC2CC2)C1)C1(c2cccs2)CCCC1. The second-order valence-electron chi connectivity index (χ2n) is 7.21. The van der Waals surface area contributed by atoms with Crippen LogP contribution in [0.5, 0.6) is 0 Å². The highest BCUT2D eigenvalue weighted by molar-refractivity contribution is 7.10. The van der Waals surface area contributed by atoms with Gasteiger partial charge in [-0.05, 0) is 49.5 Å². The van der Waals surface area contributed by atoms with Crippen molar-refractivity contribution in [3.63, 3.8) is 0 Å². The number of carbonyl (C=O) groups is 1. The molecule has 1 aliphatic heterocycles. The predicted molar refractivity (Wildman–Crippen MR) is 88.1 cm³/mol. The highest BCUT2D eigenvalue weighted by atomic mass is 32.1. The van der Waals surface area contributed by atoms with Crippen molar-refractivity contribution in [1.82, 2.24) is 4.90 Å². The second kappa shape index (κ2) is 5.97. The average Bonchev–Trinajstić information content (AvgIpc) is 3.01. The van der Waals surface area contributed by atoms with E-state index in [1.54, 1.807) is 11.3 Å². The van der Waals surface area contributed by atoms with E-state index in [0.717, 1.165) is 44.9 Å². The Balaban J connectivity index is 1.43. The summed E-state index contributed by atoms with van der Waals surface area (Å²) < 4.78 is 6.00. The molecule has 0 aromatic carbocycles. The molecule has 2 aliphatic carbocycles. The third-order valence-electron chi connectivity index (χ3n) is 5.56. The first-order chi connectivity index (χ1) is 10.8. The van der Waals surface area contributed by atoms with Gasteiger partial charge < -0.3 is 9.64 Å². The lowest BCUT2D eigenvalue weighted by molar-refractivity contribution is -0.136. The molecule has 1 amide bonds. The first-order valence-corrected chi connectivity index (χ1v) is 9.61. The van der Waals surface area contributed by atoms with E-state index in [4.69, 9.17) is 4.74 Å². The molecular weight excluding hydrogens is 294 g/mol. The van der Waals surface area contributed by atoms with Crippen molar-refractivity contribution in [3.8, 4) is 0 Å². The molecule has 120 valence electrons. The number of amides is 1. The van der Waals surface area contributed by atoms with Crippen LogP contribution in [0.4, 0.5) is 0 Å². The third kappa shape index (κ3) is 2.71. The highest BCUT2D eigenvalue weighted by Crippen LogP contribution is 2.45. The summed E-state index contributed by atoms with van der Waals surface area (Å²) in [5.41, 5.74) is -0.223. The van der Waals surface area contributed by atoms with Crippen molar-refractivity contribution in [1.29, 1.82) is 0 Å². The van der Waals surface area contributed by atoms with Gasteiger partial charge in [0.2, 0.25) is 5.91 Å². The largest absolute Gasteiger partial charge is 0.376 e. The number of hydrogen-bond acceptors (Lipinski definition) is 3. The highest BCUT2D eigenvalue weighted by Gasteiger charge is 2.47. The number of rotatable bonds is 5. The quantitative estimate of drug-likeness (QED) is 0.830. The number of nitrogens with zero attached hydrogens (tertiary/aromatic N) is 1. The predicted octanol–water partition coefficient (Wildman–Crippen LogP) is 3.59. The Kier molecular flexibility index (Phi) is 3.99. The summed E-state index contributed by atoms with van der Waals surface area (Å²) in [5, 5.41) is 2.11. The molecule has 2 saturated carbocycles. The van der Waals surface area contributed by atoms with Gasteiger partial charge in [0.1, 0.15) is 0 Å². The Morgan fingerprint density at radius 3 is 2.82 bits per heavy atom. The maximum Gasteiger partial charge on any atom is 0.234 e. The van der Waals surface area contributed by atoms with Crippen LogP contribution in [-0.4, -0.2) is 36.6 Å². The molecule has 1 aromatic heterocycles. The van der Waals surface area contributed by atoms with Crippen LogP contribution in [0.2, 0.25) is 0 Å². The van der Waals surface area contributed by atoms with Crippen LogP contribution in [-0.2, 0) is 14.9 Å². The maximum atomic E-state index is 13.2. The average molecular weight is 319 g/mol. The van der Waals surface area contributed by atoms with Crippen LogP contribution in [0.1, 0.15) is 49.8 Å². The van der Waals surface area contributed by atoms with Crippen molar-refractivity contribution < 1.29 is 9.53 Å². The molecule has 2 heterocycles. The number of thiophene rings is 1. The second-order valence-corrected chi connectivity index (χ2v) is 8.15. The first kappa shape index (κ1) is 14.7. The van der Waals surface area contributed by atoms with E-state index in [1.807, 2.05) is 0 Å². The van der Waals surface area contributed by atoms with Gasteiger partial charge in [0.25, 0.3) is 0 Å². The fourth-order valence-corrected chi connectivity index (χ4v) is 4.98. The van der Waals surface area contributed by atoms with Crippen LogP contribution in [0.3, 0.4) is 0 Å². The Hall–Kier alpha value is -0.870. The summed E-state index contributed by atoms with van der Waals surface area (Å²) in [4.78, 5) is 16.6. The monoisotopic (exact) mass is 319 g/mol. The fourth-order valence-electron chi connectivity index (χ4n) is 4.00. The summed E-state index contributed by atoms with van der Waals surface area (Å²) >= 11 is 1.75. The lowest BCUT2D eigenvalue weighted by Gasteiger charge is -2.31. The van der Waals surface area contributed by atoms with E-state index in [-0.39, 0.29) is 11.5 Å². The Morgan fingerprint density at radius 1 is 1.32 bits per heavy atom. The number of hydrogen-bond donors (Lipinski definition) is 0. The van der Waals surface area contributed by atoms with Crippen molar-refractivity contribution in [2.24, 2.45) is 5.92 Å². The fraction of sp³-hybridized carbons (Fsp3) is 0.722. The molecule has 3 aliphatic rings. The van der Waals surface area contributed by atoms with Gasteiger partial charge in [-0.15, -0.1) is 11.3 Å². The Bertz CT molecular complexity index is 517. The number of likely N-dealkylation sites (tertiary alicyclic amines) is 1. The smallest absolute Gasteiger partial charge is 0.234 e. The van der Waals surface area contributed by atoms with Crippen LogP contribution < -0.4 is 0 Å². The van der Waals surface area contributed by atoms with E-state index in [9.17, 15) is 4.79 Å². The summed E-state index contributed by atoms with van der Waals surface area (Å²) in [6.07, 6.45) is 8.35. The molecule has 22 heavy (non-hydrogen) atoms. The van der Waals surface area contributed by atoms with Crippen molar-refractivity contribution in [2.45, 2.75) is 56.5 Å². The lowest BCUT2D eigenvalue weighted by atomic mass is 9.83. The summed E-state index contributed by atoms with van der Waals surface area (Å²) in [5.74, 6) is 1.17. The molecule has 3 nitrogen and oxygen atoms in total. The maximum absolute atomic E-state index is 13.2. The van der Waals surface area contributed by atoms with E-state index < -0.39 is 0 Å². The van der Waals surface area contributed by atoms with Crippen LogP contribution in [0.15, 0.2) is 17.5 Å². The molecule has 1 saturated heterocycles. The lowest BCUT2D eigenvalue weighted by Crippen LogP contribution is -2.44. The molecule has 0 radical (unpaired) electrons. The normalized spacial score (nSPS) is 27.5. The molecule has 1 atom stereocenters. The van der Waals surface area contributed by atoms with Crippen LogP contribution in [0.25, 0.3) is 0 Å². The zero-order valence-corrected chi connectivity index (χ0v) is 13.9. The van der Waals surface area contributed by atoms with Crippen LogP contribution in [0, 0.1) is 5.92 Å². The zero-order valence-electron chi connectivity index (χ0n) is 13.1. The summed E-state index contributed by atoms with van der Waals surface area (Å²) in [7, 11) is 0. The van der Waals surface area contributed by atoms with Crippen molar-refractivity contribution in [3.05, 3.63) is 22.4 Å². The number of carbonyl (C=O) groups excluding carboxylic acids is 1. The molecule has 3 fully saturated rings. The van der Waals surface area contributed by atoms with E-state index in [2.05, 4.69) is 22.4 Å². The van der Waals surface area contributed by atoms with Gasteiger partial charge in [0.15, 0.2) is 0 Å². The third-order valence-corrected chi connectivity index (χ3v) is 6.63. The molecule has 0 bridgehead atoms. The number of ether oxygens (including phenoxy) is 1. The molecular formula is C18H25NO2S. The molecule has 0 spiro atoms. The standard InChI is InChI=1S/C18H25NO2S/c20-17(18(8-1-2-9-18)16-4-3-11-22-16)19-10-7-15(12-19)21-13-14-5-6-14/h3-4,11,14-15H,1-2,5-10,12-13H2. The van der Waals surface area contributed by atoms with Crippen molar-refractivity contribution in [2.75, 3.05) is 19.7 Å². The van der Waals surface area contributed by atoms with Crippen LogP contribution >= 0.6 is 11.3 Å². The van der Waals surface area contributed by atoms with Gasteiger partial charge in [-0.2, -0.15) is 0 Å². The summed E-state index contributed by atoms with van der Waals surface area (Å²) in [6.45, 7) is 2.59. The zero-order chi connectivity index (χ0) is 15.0. The molecule has 4 heteroatoms. The molecule has 4 rings (SSSR count). The first-order valence-electron chi connectivity index (χ1n) is 8.73. The minimum Gasteiger partial charge on any atom is -0.376 e. The van der Waals surface area contributed by atoms with E-state index >= 15 is 0 Å². The van der Waals surface area contributed by atoms with Gasteiger partial charge in [-0.25, -0.2) is 0 Å². The van der Waals surface area contributed by atoms with Gasteiger partial charge in [-0.1, -0.05) is 18.9 Å². The summed E-state index contributed by atoms with van der Waals surface area (Å²) in [6, 6.07) is 4.24. The Labute approximate surface area is 136 Å².